The molecule has 0 spiro atoms. The molecule has 3 aromatic rings. The van der Waals surface area contributed by atoms with Crippen LogP contribution in [-0.4, -0.2) is 10.1 Å². The summed E-state index contributed by atoms with van der Waals surface area (Å²) in [5, 5.41) is 5.74. The molecule has 0 saturated carbocycles. The monoisotopic (exact) mass is 310 g/mol. The van der Waals surface area contributed by atoms with Crippen molar-refractivity contribution in [2.45, 2.75) is 12.6 Å². The molecule has 0 atom stereocenters. The molecule has 0 radical (unpaired) electrons. The molecule has 7 heteroatoms. The van der Waals surface area contributed by atoms with Gasteiger partial charge in [-0.15, -0.1) is 11.3 Å². The Hall–Kier alpha value is -2.15. The van der Waals surface area contributed by atoms with Crippen molar-refractivity contribution < 1.29 is 17.7 Å². The topological polar surface area (TPSA) is 38.9 Å². The number of thiophene rings is 1. The van der Waals surface area contributed by atoms with Gasteiger partial charge in [-0.3, -0.25) is 0 Å². The Morgan fingerprint density at radius 3 is 2.48 bits per heavy atom. The summed E-state index contributed by atoms with van der Waals surface area (Å²) < 4.78 is 42.6. The molecule has 108 valence electrons. The number of rotatable bonds is 3. The van der Waals surface area contributed by atoms with Gasteiger partial charge in [0.2, 0.25) is 11.7 Å². The summed E-state index contributed by atoms with van der Waals surface area (Å²) in [7, 11) is 0. The van der Waals surface area contributed by atoms with Gasteiger partial charge >= 0.3 is 6.18 Å². The van der Waals surface area contributed by atoms with Gasteiger partial charge in [0.15, 0.2) is 0 Å². The van der Waals surface area contributed by atoms with Crippen LogP contribution in [0.15, 0.2) is 46.3 Å². The standard InChI is InChI=1S/C14H9F3N2OS/c15-14(16,17)10-5-3-9(4-6-10)13-18-12(20-19-13)8-11-2-1-7-21-11/h1-7H,8H2. The van der Waals surface area contributed by atoms with Crippen LogP contribution in [0.5, 0.6) is 0 Å². The molecular weight excluding hydrogens is 301 g/mol. The van der Waals surface area contributed by atoms with E-state index in [1.54, 1.807) is 11.3 Å². The maximum atomic E-state index is 12.5. The Kier molecular flexibility index (Phi) is 3.50. The van der Waals surface area contributed by atoms with Crippen molar-refractivity contribution in [3.63, 3.8) is 0 Å². The van der Waals surface area contributed by atoms with Gasteiger partial charge < -0.3 is 4.52 Å². The number of halogens is 3. The molecule has 2 aromatic heterocycles. The largest absolute Gasteiger partial charge is 0.416 e. The zero-order valence-corrected chi connectivity index (χ0v) is 11.4. The summed E-state index contributed by atoms with van der Waals surface area (Å²) in [5.41, 5.74) is -0.210. The summed E-state index contributed by atoms with van der Waals surface area (Å²) in [6.07, 6.45) is -3.83. The van der Waals surface area contributed by atoms with Crippen LogP contribution in [0.3, 0.4) is 0 Å². The van der Waals surface area contributed by atoms with Crippen molar-refractivity contribution in [1.82, 2.24) is 10.1 Å². The summed E-state index contributed by atoms with van der Waals surface area (Å²) in [6.45, 7) is 0. The Bertz CT molecular complexity index is 718. The molecule has 3 nitrogen and oxygen atoms in total. The smallest absolute Gasteiger partial charge is 0.339 e. The van der Waals surface area contributed by atoms with E-state index in [2.05, 4.69) is 10.1 Å². The van der Waals surface area contributed by atoms with E-state index in [0.717, 1.165) is 17.0 Å². The minimum Gasteiger partial charge on any atom is -0.339 e. The van der Waals surface area contributed by atoms with Gasteiger partial charge in [-0.2, -0.15) is 18.2 Å². The van der Waals surface area contributed by atoms with Crippen molar-refractivity contribution in [3.05, 3.63) is 58.1 Å². The predicted molar refractivity (Wildman–Crippen MR) is 71.9 cm³/mol. The van der Waals surface area contributed by atoms with Crippen molar-refractivity contribution in [1.29, 1.82) is 0 Å². The van der Waals surface area contributed by atoms with E-state index in [-0.39, 0.29) is 5.82 Å². The summed E-state index contributed by atoms with van der Waals surface area (Å²) >= 11 is 1.57. The summed E-state index contributed by atoms with van der Waals surface area (Å²) in [6, 6.07) is 8.56. The second kappa shape index (κ2) is 5.33. The first-order chi connectivity index (χ1) is 10.0. The highest BCUT2D eigenvalue weighted by Gasteiger charge is 2.30. The molecule has 21 heavy (non-hydrogen) atoms. The maximum Gasteiger partial charge on any atom is 0.416 e. The van der Waals surface area contributed by atoms with E-state index in [9.17, 15) is 13.2 Å². The Balaban J connectivity index is 1.80. The van der Waals surface area contributed by atoms with Gasteiger partial charge in [-0.05, 0) is 23.6 Å². The number of hydrogen-bond donors (Lipinski definition) is 0. The first kappa shape index (κ1) is 13.8. The van der Waals surface area contributed by atoms with Gasteiger partial charge in [-0.1, -0.05) is 23.4 Å². The van der Waals surface area contributed by atoms with Crippen LogP contribution in [0.2, 0.25) is 0 Å². The molecule has 0 aliphatic carbocycles. The van der Waals surface area contributed by atoms with E-state index < -0.39 is 11.7 Å². The van der Waals surface area contributed by atoms with Gasteiger partial charge in [-0.25, -0.2) is 0 Å². The number of nitrogens with zero attached hydrogens (tertiary/aromatic N) is 2. The average Bonchev–Trinajstić information content (AvgIpc) is 3.10. The van der Waals surface area contributed by atoms with Crippen LogP contribution < -0.4 is 0 Å². The molecule has 0 bridgehead atoms. The van der Waals surface area contributed by atoms with E-state index in [1.165, 1.54) is 12.1 Å². The zero-order valence-electron chi connectivity index (χ0n) is 10.6. The molecule has 0 saturated heterocycles. The fourth-order valence-electron chi connectivity index (χ4n) is 1.81. The normalized spacial score (nSPS) is 11.8. The molecule has 1 aromatic carbocycles. The zero-order chi connectivity index (χ0) is 14.9. The molecule has 2 heterocycles. The average molecular weight is 310 g/mol. The SMILES string of the molecule is FC(F)(F)c1ccc(-c2noc(Cc3cccs3)n2)cc1. The lowest BCUT2D eigenvalue weighted by molar-refractivity contribution is -0.137. The highest BCUT2D eigenvalue weighted by molar-refractivity contribution is 7.09. The van der Waals surface area contributed by atoms with Crippen molar-refractivity contribution in [3.8, 4) is 11.4 Å². The number of aromatic nitrogens is 2. The molecule has 0 unspecified atom stereocenters. The van der Waals surface area contributed by atoms with Crippen molar-refractivity contribution in [2.24, 2.45) is 0 Å². The maximum absolute atomic E-state index is 12.5. The van der Waals surface area contributed by atoms with Gasteiger partial charge in [0.1, 0.15) is 0 Å². The third-order valence-electron chi connectivity index (χ3n) is 2.84. The lowest BCUT2D eigenvalue weighted by Crippen LogP contribution is -2.04. The van der Waals surface area contributed by atoms with Crippen LogP contribution in [0.4, 0.5) is 13.2 Å². The molecule has 0 amide bonds. The molecule has 0 fully saturated rings. The van der Waals surface area contributed by atoms with Gasteiger partial charge in [0.05, 0.1) is 12.0 Å². The van der Waals surface area contributed by atoms with Gasteiger partial charge in [0, 0.05) is 10.4 Å². The van der Waals surface area contributed by atoms with Crippen molar-refractivity contribution in [2.75, 3.05) is 0 Å². The molecule has 0 N–H and O–H groups in total. The van der Waals surface area contributed by atoms with Crippen molar-refractivity contribution >= 4 is 11.3 Å². The lowest BCUT2D eigenvalue weighted by Gasteiger charge is -2.05. The lowest BCUT2D eigenvalue weighted by atomic mass is 10.1. The Labute approximate surface area is 122 Å². The fourth-order valence-corrected chi connectivity index (χ4v) is 2.51. The molecule has 0 aliphatic heterocycles. The third kappa shape index (κ3) is 3.13. The predicted octanol–water partition coefficient (Wildman–Crippen LogP) is 4.41. The highest BCUT2D eigenvalue weighted by Crippen LogP contribution is 2.30. The quantitative estimate of drug-likeness (QED) is 0.719. The highest BCUT2D eigenvalue weighted by atomic mass is 32.1. The van der Waals surface area contributed by atoms with Crippen LogP contribution in [-0.2, 0) is 12.6 Å². The second-order valence-electron chi connectivity index (χ2n) is 4.34. The second-order valence-corrected chi connectivity index (χ2v) is 5.38. The Morgan fingerprint density at radius 1 is 1.10 bits per heavy atom. The number of benzene rings is 1. The van der Waals surface area contributed by atoms with E-state index >= 15 is 0 Å². The minimum absolute atomic E-state index is 0.287. The van der Waals surface area contributed by atoms with Crippen LogP contribution in [0, 0.1) is 0 Å². The first-order valence-electron chi connectivity index (χ1n) is 6.05. The third-order valence-corrected chi connectivity index (χ3v) is 3.72. The Morgan fingerprint density at radius 2 is 1.86 bits per heavy atom. The van der Waals surface area contributed by atoms with Gasteiger partial charge in [0.25, 0.3) is 0 Å². The number of hydrogen-bond acceptors (Lipinski definition) is 4. The fraction of sp³-hybridized carbons (Fsp3) is 0.143. The summed E-state index contributed by atoms with van der Waals surface area (Å²) in [4.78, 5) is 5.28. The molecular formula is C14H9F3N2OS. The van der Waals surface area contributed by atoms with E-state index in [4.69, 9.17) is 4.52 Å². The van der Waals surface area contributed by atoms with E-state index in [1.807, 2.05) is 17.5 Å². The van der Waals surface area contributed by atoms with E-state index in [0.29, 0.717) is 17.9 Å². The van der Waals surface area contributed by atoms with Crippen LogP contribution >= 0.6 is 11.3 Å². The number of alkyl halides is 3. The first-order valence-corrected chi connectivity index (χ1v) is 6.93. The van der Waals surface area contributed by atoms with Crippen LogP contribution in [0.25, 0.3) is 11.4 Å². The minimum atomic E-state index is -4.35. The molecule has 3 rings (SSSR count). The van der Waals surface area contributed by atoms with Crippen LogP contribution in [0.1, 0.15) is 16.3 Å². The molecule has 0 aliphatic rings. The summed E-state index contributed by atoms with van der Waals surface area (Å²) in [5.74, 6) is 0.725.